The van der Waals surface area contributed by atoms with Crippen LogP contribution in [0, 0.1) is 6.92 Å². The molecule has 0 aliphatic carbocycles. The van der Waals surface area contributed by atoms with Crippen LogP contribution in [-0.4, -0.2) is 46.5 Å². The summed E-state index contributed by atoms with van der Waals surface area (Å²) in [7, 11) is 0.285. The molecule has 0 amide bonds. The highest BCUT2D eigenvalue weighted by molar-refractivity contribution is 7.89. The van der Waals surface area contributed by atoms with Gasteiger partial charge in [0.1, 0.15) is 16.4 Å². The molecule has 0 aromatic carbocycles. The van der Waals surface area contributed by atoms with Crippen LogP contribution < -0.4 is 10.0 Å². The van der Waals surface area contributed by atoms with E-state index in [9.17, 15) is 8.42 Å². The third-order valence-electron chi connectivity index (χ3n) is 3.28. The van der Waals surface area contributed by atoms with Gasteiger partial charge in [-0.05, 0) is 34.0 Å². The Hall–Kier alpha value is -0.890. The van der Waals surface area contributed by atoms with Crippen LogP contribution in [0.1, 0.15) is 17.9 Å². The maximum atomic E-state index is 12.3. The zero-order valence-corrected chi connectivity index (χ0v) is 12.4. The number of rotatable bonds is 5. The quantitative estimate of drug-likeness (QED) is 0.814. The number of nitrogens with zero attached hydrogens (tertiary/aromatic N) is 1. The first kappa shape index (κ1) is 14.5. The van der Waals surface area contributed by atoms with Crippen LogP contribution in [0.3, 0.4) is 0 Å². The van der Waals surface area contributed by atoms with Gasteiger partial charge >= 0.3 is 0 Å². The smallest absolute Gasteiger partial charge is 0.244 e. The molecule has 1 atom stereocenters. The van der Waals surface area contributed by atoms with E-state index < -0.39 is 10.0 Å². The van der Waals surface area contributed by atoms with E-state index in [1.54, 1.807) is 20.0 Å². The van der Waals surface area contributed by atoms with Crippen LogP contribution >= 0.6 is 0 Å². The van der Waals surface area contributed by atoms with Gasteiger partial charge in [-0.2, -0.15) is 0 Å². The zero-order chi connectivity index (χ0) is 14.0. The fourth-order valence-electron chi connectivity index (χ4n) is 2.37. The van der Waals surface area contributed by atoms with Gasteiger partial charge in [0.05, 0.1) is 6.54 Å². The molecular formula is C12H21N3O3S. The second-order valence-electron chi connectivity index (χ2n) is 5.03. The van der Waals surface area contributed by atoms with E-state index in [0.717, 1.165) is 19.5 Å². The predicted molar refractivity (Wildman–Crippen MR) is 72.4 cm³/mol. The van der Waals surface area contributed by atoms with Gasteiger partial charge in [0.2, 0.25) is 10.0 Å². The summed E-state index contributed by atoms with van der Waals surface area (Å²) in [5.74, 6) is 1.06. The summed E-state index contributed by atoms with van der Waals surface area (Å²) in [6.07, 6.45) is 0.843. The van der Waals surface area contributed by atoms with Gasteiger partial charge < -0.3 is 14.6 Å². The molecule has 0 saturated carbocycles. The van der Waals surface area contributed by atoms with Crippen molar-refractivity contribution in [1.82, 2.24) is 14.9 Å². The van der Waals surface area contributed by atoms with Gasteiger partial charge in [-0.3, -0.25) is 0 Å². The average Bonchev–Trinajstić information content (AvgIpc) is 2.86. The Morgan fingerprint density at radius 2 is 2.26 bits per heavy atom. The van der Waals surface area contributed by atoms with E-state index in [0.29, 0.717) is 18.1 Å². The topological polar surface area (TPSA) is 74.6 Å². The second kappa shape index (κ2) is 5.62. The Kier molecular flexibility index (Phi) is 4.29. The standard InChI is InChI=1S/C12H21N3O3S/c1-9-12(6-11(18-9)7-13-2)19(16,17)14-10-4-5-15(3)8-10/h6,10,13-14H,4-5,7-8H2,1-3H3. The molecule has 1 saturated heterocycles. The fraction of sp³-hybridized carbons (Fsp3) is 0.667. The highest BCUT2D eigenvalue weighted by Gasteiger charge is 2.28. The van der Waals surface area contributed by atoms with E-state index >= 15 is 0 Å². The van der Waals surface area contributed by atoms with Gasteiger partial charge in [-0.25, -0.2) is 13.1 Å². The van der Waals surface area contributed by atoms with E-state index in [2.05, 4.69) is 14.9 Å². The lowest BCUT2D eigenvalue weighted by Crippen LogP contribution is -2.36. The van der Waals surface area contributed by atoms with Crippen LogP contribution in [0.15, 0.2) is 15.4 Å². The summed E-state index contributed by atoms with van der Waals surface area (Å²) in [5, 5.41) is 2.94. The monoisotopic (exact) mass is 287 g/mol. The summed E-state index contributed by atoms with van der Waals surface area (Å²) >= 11 is 0. The number of likely N-dealkylation sites (tertiary alicyclic amines) is 1. The Balaban J connectivity index is 2.14. The molecule has 19 heavy (non-hydrogen) atoms. The maximum Gasteiger partial charge on any atom is 0.244 e. The third-order valence-corrected chi connectivity index (χ3v) is 4.90. The minimum absolute atomic E-state index is 0.0166. The number of hydrogen-bond acceptors (Lipinski definition) is 5. The molecule has 2 heterocycles. The predicted octanol–water partition coefficient (Wildman–Crippen LogP) is 0.290. The summed E-state index contributed by atoms with van der Waals surface area (Å²) in [6.45, 7) is 3.86. The highest BCUT2D eigenvalue weighted by Crippen LogP contribution is 2.21. The Morgan fingerprint density at radius 3 is 2.84 bits per heavy atom. The molecule has 2 N–H and O–H groups in total. The summed E-state index contributed by atoms with van der Waals surface area (Å²) < 4.78 is 32.8. The van der Waals surface area contributed by atoms with Gasteiger partial charge in [0.15, 0.2) is 0 Å². The van der Waals surface area contributed by atoms with Gasteiger partial charge in [0.25, 0.3) is 0 Å². The number of nitrogens with one attached hydrogen (secondary N) is 2. The summed E-state index contributed by atoms with van der Waals surface area (Å²) in [4.78, 5) is 2.36. The van der Waals surface area contributed by atoms with Crippen molar-refractivity contribution in [2.75, 3.05) is 27.2 Å². The van der Waals surface area contributed by atoms with E-state index in [4.69, 9.17) is 4.42 Å². The Bertz CT molecular complexity index is 538. The molecule has 6 nitrogen and oxygen atoms in total. The molecule has 1 fully saturated rings. The van der Waals surface area contributed by atoms with Crippen molar-refractivity contribution in [3.8, 4) is 0 Å². The zero-order valence-electron chi connectivity index (χ0n) is 11.6. The van der Waals surface area contributed by atoms with Crippen molar-refractivity contribution in [1.29, 1.82) is 0 Å². The molecule has 1 aromatic rings. The molecule has 1 aliphatic rings. The fourth-order valence-corrected chi connectivity index (χ4v) is 3.83. The first-order valence-corrected chi connectivity index (χ1v) is 7.85. The SMILES string of the molecule is CNCc1cc(S(=O)(=O)NC2CCN(C)C2)c(C)o1. The van der Waals surface area contributed by atoms with Crippen molar-refractivity contribution >= 4 is 10.0 Å². The largest absolute Gasteiger partial charge is 0.464 e. The van der Waals surface area contributed by atoms with E-state index in [1.807, 2.05) is 7.05 Å². The molecule has 108 valence electrons. The van der Waals surface area contributed by atoms with Crippen molar-refractivity contribution in [2.45, 2.75) is 30.8 Å². The van der Waals surface area contributed by atoms with Crippen LogP contribution in [0.2, 0.25) is 0 Å². The summed E-state index contributed by atoms with van der Waals surface area (Å²) in [6, 6.07) is 1.57. The minimum Gasteiger partial charge on any atom is -0.464 e. The molecule has 0 bridgehead atoms. The summed E-state index contributed by atoms with van der Waals surface area (Å²) in [5.41, 5.74) is 0. The lowest BCUT2D eigenvalue weighted by molar-refractivity contribution is 0.407. The van der Waals surface area contributed by atoms with Gasteiger partial charge in [-0.1, -0.05) is 0 Å². The minimum atomic E-state index is -3.49. The number of hydrogen-bond donors (Lipinski definition) is 2. The number of likely N-dealkylation sites (N-methyl/N-ethyl adjacent to an activating group) is 1. The van der Waals surface area contributed by atoms with Crippen molar-refractivity contribution < 1.29 is 12.8 Å². The lowest BCUT2D eigenvalue weighted by atomic mass is 10.3. The molecule has 1 aromatic heterocycles. The molecular weight excluding hydrogens is 266 g/mol. The van der Waals surface area contributed by atoms with E-state index in [-0.39, 0.29) is 10.9 Å². The van der Waals surface area contributed by atoms with Crippen molar-refractivity contribution in [3.63, 3.8) is 0 Å². The molecule has 0 spiro atoms. The molecule has 0 radical (unpaired) electrons. The van der Waals surface area contributed by atoms with E-state index in [1.165, 1.54) is 0 Å². The number of sulfonamides is 1. The first-order valence-electron chi connectivity index (χ1n) is 6.37. The molecule has 7 heteroatoms. The van der Waals surface area contributed by atoms with Gasteiger partial charge in [0, 0.05) is 18.7 Å². The Morgan fingerprint density at radius 1 is 1.53 bits per heavy atom. The maximum absolute atomic E-state index is 12.3. The molecule has 2 rings (SSSR count). The highest BCUT2D eigenvalue weighted by atomic mass is 32.2. The first-order chi connectivity index (χ1) is 8.92. The van der Waals surface area contributed by atoms with Crippen LogP contribution in [0.4, 0.5) is 0 Å². The third kappa shape index (κ3) is 3.36. The van der Waals surface area contributed by atoms with Gasteiger partial charge in [-0.15, -0.1) is 0 Å². The average molecular weight is 287 g/mol. The number of furan rings is 1. The van der Waals surface area contributed by atoms with Crippen molar-refractivity contribution in [3.05, 3.63) is 17.6 Å². The van der Waals surface area contributed by atoms with Crippen molar-refractivity contribution in [2.24, 2.45) is 0 Å². The lowest BCUT2D eigenvalue weighted by Gasteiger charge is -2.12. The Labute approximate surface area is 114 Å². The van der Waals surface area contributed by atoms with Crippen LogP contribution in [0.5, 0.6) is 0 Å². The normalized spacial score (nSPS) is 21.1. The molecule has 1 aliphatic heterocycles. The number of aryl methyl sites for hydroxylation is 1. The van der Waals surface area contributed by atoms with Crippen LogP contribution in [0.25, 0.3) is 0 Å². The van der Waals surface area contributed by atoms with Crippen LogP contribution in [-0.2, 0) is 16.6 Å². The molecule has 1 unspecified atom stereocenters. The second-order valence-corrected chi connectivity index (χ2v) is 6.72.